The molecule has 1 unspecified atom stereocenters. The van der Waals surface area contributed by atoms with Gasteiger partial charge in [0.05, 0.1) is 6.04 Å². The van der Waals surface area contributed by atoms with Gasteiger partial charge in [-0.2, -0.15) is 0 Å². The Kier molecular flexibility index (Phi) is 3.81. The highest BCUT2D eigenvalue weighted by Gasteiger charge is 2.30. The number of carbonyl (C=O) groups excluding carboxylic acids is 1. The minimum absolute atomic E-state index is 0.370. The van der Waals surface area contributed by atoms with Crippen molar-refractivity contribution in [3.05, 3.63) is 17.7 Å². The van der Waals surface area contributed by atoms with Crippen LogP contribution in [0.5, 0.6) is 0 Å². The number of likely N-dealkylation sites (tertiary alicyclic amines) is 1. The first-order chi connectivity index (χ1) is 9.65. The minimum Gasteiger partial charge on any atom is -0.341 e. The van der Waals surface area contributed by atoms with E-state index in [1.165, 1.54) is 31.4 Å². The van der Waals surface area contributed by atoms with Gasteiger partial charge in [0, 0.05) is 31.4 Å². The van der Waals surface area contributed by atoms with Gasteiger partial charge in [-0.3, -0.25) is 4.79 Å². The molecule has 0 spiro atoms. The SMILES string of the molecule is Cc1cnc(C)n1C1CCN(C(=O)CC2CCCC2)C1. The number of rotatable bonds is 3. The van der Waals surface area contributed by atoms with E-state index in [1.807, 2.05) is 6.20 Å². The second kappa shape index (κ2) is 5.58. The van der Waals surface area contributed by atoms with Crippen LogP contribution in [0.1, 0.15) is 56.1 Å². The molecule has 4 nitrogen and oxygen atoms in total. The van der Waals surface area contributed by atoms with Crippen molar-refractivity contribution < 1.29 is 4.79 Å². The van der Waals surface area contributed by atoms with Gasteiger partial charge in [-0.1, -0.05) is 12.8 Å². The highest BCUT2D eigenvalue weighted by Crippen LogP contribution is 2.30. The van der Waals surface area contributed by atoms with Gasteiger partial charge in [-0.05, 0) is 39.0 Å². The monoisotopic (exact) mass is 275 g/mol. The van der Waals surface area contributed by atoms with Crippen LogP contribution in [0, 0.1) is 19.8 Å². The molecule has 2 heterocycles. The Morgan fingerprint density at radius 3 is 2.70 bits per heavy atom. The average Bonchev–Trinajstić information content (AvgIpc) is 3.11. The molecule has 1 aromatic rings. The molecule has 0 bridgehead atoms. The van der Waals surface area contributed by atoms with Crippen LogP contribution in [-0.2, 0) is 4.79 Å². The first-order valence-electron chi connectivity index (χ1n) is 7.93. The Balaban J connectivity index is 1.60. The molecular formula is C16H25N3O. The summed E-state index contributed by atoms with van der Waals surface area (Å²) in [5, 5.41) is 0. The molecule has 1 atom stereocenters. The van der Waals surface area contributed by atoms with Crippen molar-refractivity contribution in [2.24, 2.45) is 5.92 Å². The molecule has 2 aliphatic rings. The molecule has 0 N–H and O–H groups in total. The van der Waals surface area contributed by atoms with Gasteiger partial charge >= 0.3 is 0 Å². The summed E-state index contributed by atoms with van der Waals surface area (Å²) in [6.45, 7) is 5.93. The lowest BCUT2D eigenvalue weighted by Crippen LogP contribution is -2.30. The molecule has 1 saturated heterocycles. The first kappa shape index (κ1) is 13.7. The summed E-state index contributed by atoms with van der Waals surface area (Å²) in [5.74, 6) is 2.09. The van der Waals surface area contributed by atoms with Crippen molar-refractivity contribution in [3.63, 3.8) is 0 Å². The maximum atomic E-state index is 12.4. The van der Waals surface area contributed by atoms with Gasteiger partial charge in [0.1, 0.15) is 5.82 Å². The minimum atomic E-state index is 0.370. The summed E-state index contributed by atoms with van der Waals surface area (Å²) in [6.07, 6.45) is 8.90. The normalized spacial score (nSPS) is 23.7. The zero-order chi connectivity index (χ0) is 14.1. The maximum absolute atomic E-state index is 12.4. The van der Waals surface area contributed by atoms with Crippen LogP contribution < -0.4 is 0 Å². The number of aryl methyl sites for hydroxylation is 2. The lowest BCUT2D eigenvalue weighted by Gasteiger charge is -2.20. The van der Waals surface area contributed by atoms with E-state index < -0.39 is 0 Å². The van der Waals surface area contributed by atoms with Crippen molar-refractivity contribution >= 4 is 5.91 Å². The number of aromatic nitrogens is 2. The van der Waals surface area contributed by atoms with Crippen LogP contribution in [0.3, 0.4) is 0 Å². The zero-order valence-corrected chi connectivity index (χ0v) is 12.6. The number of hydrogen-bond donors (Lipinski definition) is 0. The summed E-state index contributed by atoms with van der Waals surface area (Å²) < 4.78 is 2.29. The van der Waals surface area contributed by atoms with Crippen molar-refractivity contribution in [1.29, 1.82) is 0 Å². The third kappa shape index (κ3) is 2.60. The molecule has 3 rings (SSSR count). The summed E-state index contributed by atoms with van der Waals surface area (Å²) >= 11 is 0. The Bertz CT molecular complexity index is 468. The van der Waals surface area contributed by atoms with Crippen LogP contribution in [0.4, 0.5) is 0 Å². The highest BCUT2D eigenvalue weighted by atomic mass is 16.2. The summed E-state index contributed by atoms with van der Waals surface area (Å²) in [4.78, 5) is 18.8. The van der Waals surface area contributed by atoms with E-state index in [0.29, 0.717) is 17.9 Å². The van der Waals surface area contributed by atoms with Crippen molar-refractivity contribution in [1.82, 2.24) is 14.5 Å². The molecule has 1 aliphatic heterocycles. The lowest BCUT2D eigenvalue weighted by atomic mass is 10.0. The van der Waals surface area contributed by atoms with Crippen LogP contribution in [0.2, 0.25) is 0 Å². The molecule has 2 fully saturated rings. The first-order valence-corrected chi connectivity index (χ1v) is 7.93. The highest BCUT2D eigenvalue weighted by molar-refractivity contribution is 5.76. The molecule has 0 radical (unpaired) electrons. The number of amides is 1. The lowest BCUT2D eigenvalue weighted by molar-refractivity contribution is -0.131. The van der Waals surface area contributed by atoms with Crippen LogP contribution in [-0.4, -0.2) is 33.4 Å². The third-order valence-electron chi connectivity index (χ3n) is 4.99. The van der Waals surface area contributed by atoms with Crippen molar-refractivity contribution in [3.8, 4) is 0 Å². The number of imidazole rings is 1. The van der Waals surface area contributed by atoms with Gasteiger partial charge in [-0.15, -0.1) is 0 Å². The number of carbonyl (C=O) groups is 1. The summed E-state index contributed by atoms with van der Waals surface area (Å²) in [5.41, 5.74) is 1.21. The smallest absolute Gasteiger partial charge is 0.222 e. The van der Waals surface area contributed by atoms with Crippen LogP contribution in [0.15, 0.2) is 6.20 Å². The van der Waals surface area contributed by atoms with Crippen LogP contribution in [0.25, 0.3) is 0 Å². The maximum Gasteiger partial charge on any atom is 0.222 e. The zero-order valence-electron chi connectivity index (χ0n) is 12.6. The van der Waals surface area contributed by atoms with Crippen molar-refractivity contribution in [2.75, 3.05) is 13.1 Å². The fourth-order valence-electron chi connectivity index (χ4n) is 3.89. The van der Waals surface area contributed by atoms with Gasteiger partial charge in [0.2, 0.25) is 5.91 Å². The third-order valence-corrected chi connectivity index (χ3v) is 4.99. The number of nitrogens with zero attached hydrogens (tertiary/aromatic N) is 3. The number of hydrogen-bond acceptors (Lipinski definition) is 2. The Hall–Kier alpha value is -1.32. The van der Waals surface area contributed by atoms with Crippen LogP contribution >= 0.6 is 0 Å². The van der Waals surface area contributed by atoms with E-state index in [-0.39, 0.29) is 0 Å². The standard InChI is InChI=1S/C16H25N3O/c1-12-10-17-13(2)19(12)15-7-8-18(11-15)16(20)9-14-5-3-4-6-14/h10,14-15H,3-9,11H2,1-2H3. The second-order valence-corrected chi connectivity index (χ2v) is 6.45. The molecule has 20 heavy (non-hydrogen) atoms. The van der Waals surface area contributed by atoms with Gasteiger partial charge in [0.15, 0.2) is 0 Å². The quantitative estimate of drug-likeness (QED) is 0.850. The fourth-order valence-corrected chi connectivity index (χ4v) is 3.89. The molecule has 1 amide bonds. The van der Waals surface area contributed by atoms with Gasteiger partial charge in [0.25, 0.3) is 0 Å². The molecular weight excluding hydrogens is 250 g/mol. The summed E-state index contributed by atoms with van der Waals surface area (Å²) in [6, 6.07) is 0.421. The Morgan fingerprint density at radius 1 is 1.30 bits per heavy atom. The predicted octanol–water partition coefficient (Wildman–Crippen LogP) is 2.85. The van der Waals surface area contributed by atoms with E-state index in [9.17, 15) is 4.79 Å². The molecule has 1 saturated carbocycles. The van der Waals surface area contributed by atoms with E-state index in [4.69, 9.17) is 0 Å². The molecule has 1 aromatic heterocycles. The van der Waals surface area contributed by atoms with E-state index in [2.05, 4.69) is 28.3 Å². The predicted molar refractivity (Wildman–Crippen MR) is 78.5 cm³/mol. The second-order valence-electron chi connectivity index (χ2n) is 6.45. The van der Waals surface area contributed by atoms with E-state index in [0.717, 1.165) is 31.8 Å². The fraction of sp³-hybridized carbons (Fsp3) is 0.750. The average molecular weight is 275 g/mol. The van der Waals surface area contributed by atoms with E-state index >= 15 is 0 Å². The van der Waals surface area contributed by atoms with E-state index in [1.54, 1.807) is 0 Å². The topological polar surface area (TPSA) is 38.1 Å². The molecule has 1 aliphatic carbocycles. The Labute approximate surface area is 121 Å². The summed E-state index contributed by atoms with van der Waals surface area (Å²) in [7, 11) is 0. The molecule has 0 aromatic carbocycles. The Morgan fingerprint density at radius 2 is 2.05 bits per heavy atom. The largest absolute Gasteiger partial charge is 0.341 e. The molecule has 4 heteroatoms. The van der Waals surface area contributed by atoms with Gasteiger partial charge < -0.3 is 9.47 Å². The van der Waals surface area contributed by atoms with Gasteiger partial charge in [-0.25, -0.2) is 4.98 Å². The van der Waals surface area contributed by atoms with Crippen molar-refractivity contribution in [2.45, 2.75) is 58.4 Å². The molecule has 110 valence electrons.